The molecule has 0 aliphatic carbocycles. The van der Waals surface area contributed by atoms with E-state index in [2.05, 4.69) is 44.2 Å². The number of hydrogen-bond acceptors (Lipinski definition) is 3. The summed E-state index contributed by atoms with van der Waals surface area (Å²) < 4.78 is 8.06. The SMILES string of the molecule is Cc1ccc2c(c1)[C@H](N)CC(c1cnn(C(C)C)c1)O2. The first-order chi connectivity index (χ1) is 9.54. The zero-order chi connectivity index (χ0) is 14.3. The van der Waals surface area contributed by atoms with Gasteiger partial charge in [0.1, 0.15) is 11.9 Å². The minimum Gasteiger partial charge on any atom is -0.485 e. The normalized spacial score (nSPS) is 21.6. The van der Waals surface area contributed by atoms with Crippen LogP contribution >= 0.6 is 0 Å². The Bertz CT molecular complexity index is 618. The van der Waals surface area contributed by atoms with Gasteiger partial charge in [-0.25, -0.2) is 0 Å². The van der Waals surface area contributed by atoms with Gasteiger partial charge >= 0.3 is 0 Å². The van der Waals surface area contributed by atoms with Crippen LogP contribution in [0.25, 0.3) is 0 Å². The topological polar surface area (TPSA) is 53.1 Å². The molecule has 0 fully saturated rings. The fourth-order valence-corrected chi connectivity index (χ4v) is 2.63. The van der Waals surface area contributed by atoms with Gasteiger partial charge in [0, 0.05) is 35.8 Å². The van der Waals surface area contributed by atoms with Crippen molar-refractivity contribution in [2.75, 3.05) is 0 Å². The molecule has 2 atom stereocenters. The molecule has 1 aromatic carbocycles. The van der Waals surface area contributed by atoms with Crippen molar-refractivity contribution < 1.29 is 4.74 Å². The van der Waals surface area contributed by atoms with Crippen molar-refractivity contribution in [2.24, 2.45) is 5.73 Å². The van der Waals surface area contributed by atoms with E-state index >= 15 is 0 Å². The van der Waals surface area contributed by atoms with Crippen molar-refractivity contribution in [1.82, 2.24) is 9.78 Å². The molecule has 1 aliphatic rings. The monoisotopic (exact) mass is 271 g/mol. The van der Waals surface area contributed by atoms with Crippen LogP contribution < -0.4 is 10.5 Å². The molecule has 0 spiro atoms. The van der Waals surface area contributed by atoms with Crippen LogP contribution in [0.5, 0.6) is 5.75 Å². The van der Waals surface area contributed by atoms with Crippen LogP contribution in [0.1, 0.15) is 55.1 Å². The first kappa shape index (κ1) is 13.2. The number of nitrogens with two attached hydrogens (primary N) is 1. The Morgan fingerprint density at radius 3 is 2.90 bits per heavy atom. The van der Waals surface area contributed by atoms with Gasteiger partial charge in [-0.15, -0.1) is 0 Å². The molecule has 2 aromatic rings. The van der Waals surface area contributed by atoms with Gasteiger partial charge in [-0.3, -0.25) is 4.68 Å². The molecule has 20 heavy (non-hydrogen) atoms. The zero-order valence-corrected chi connectivity index (χ0v) is 12.2. The van der Waals surface area contributed by atoms with Gasteiger partial charge in [0.15, 0.2) is 0 Å². The standard InChI is InChI=1S/C16H21N3O/c1-10(2)19-9-12(8-18-19)16-7-14(17)13-6-11(3)4-5-15(13)20-16/h4-6,8-10,14,16H,7,17H2,1-3H3/t14-,16?/m1/s1. The van der Waals surface area contributed by atoms with Gasteiger partial charge in [0.2, 0.25) is 0 Å². The summed E-state index contributed by atoms with van der Waals surface area (Å²) in [6, 6.07) is 6.57. The summed E-state index contributed by atoms with van der Waals surface area (Å²) in [5.41, 5.74) is 9.73. The van der Waals surface area contributed by atoms with Gasteiger partial charge in [0.25, 0.3) is 0 Å². The number of benzene rings is 1. The molecule has 0 saturated carbocycles. The smallest absolute Gasteiger partial charge is 0.129 e. The molecule has 0 radical (unpaired) electrons. The maximum atomic E-state index is 6.30. The molecule has 106 valence electrons. The predicted molar refractivity (Wildman–Crippen MR) is 78.7 cm³/mol. The fourth-order valence-electron chi connectivity index (χ4n) is 2.63. The summed E-state index contributed by atoms with van der Waals surface area (Å²) in [6.45, 7) is 6.30. The molecule has 2 N–H and O–H groups in total. The Morgan fingerprint density at radius 1 is 1.40 bits per heavy atom. The maximum absolute atomic E-state index is 6.30. The predicted octanol–water partition coefficient (Wildman–Crippen LogP) is 3.30. The zero-order valence-electron chi connectivity index (χ0n) is 12.2. The van der Waals surface area contributed by atoms with Crippen LogP contribution in [0.15, 0.2) is 30.6 Å². The average Bonchev–Trinajstić information content (AvgIpc) is 2.89. The van der Waals surface area contributed by atoms with Crippen LogP contribution in [0.4, 0.5) is 0 Å². The molecule has 4 heteroatoms. The van der Waals surface area contributed by atoms with Gasteiger partial charge in [-0.05, 0) is 26.8 Å². The second-order valence-electron chi connectivity index (χ2n) is 5.84. The average molecular weight is 271 g/mol. The quantitative estimate of drug-likeness (QED) is 0.911. The number of nitrogens with zero attached hydrogens (tertiary/aromatic N) is 2. The third-order valence-electron chi connectivity index (χ3n) is 3.82. The molecule has 3 rings (SSSR count). The molecule has 0 amide bonds. The highest BCUT2D eigenvalue weighted by Crippen LogP contribution is 2.39. The van der Waals surface area contributed by atoms with Crippen LogP contribution in [0, 0.1) is 6.92 Å². The summed E-state index contributed by atoms with van der Waals surface area (Å²) >= 11 is 0. The molecule has 1 unspecified atom stereocenters. The molecule has 2 heterocycles. The maximum Gasteiger partial charge on any atom is 0.129 e. The molecular formula is C16H21N3O. The first-order valence-electron chi connectivity index (χ1n) is 7.11. The highest BCUT2D eigenvalue weighted by molar-refractivity contribution is 5.41. The van der Waals surface area contributed by atoms with Crippen molar-refractivity contribution in [3.63, 3.8) is 0 Å². The summed E-state index contributed by atoms with van der Waals surface area (Å²) in [6.07, 6.45) is 4.73. The number of rotatable bonds is 2. The first-order valence-corrected chi connectivity index (χ1v) is 7.11. The van der Waals surface area contributed by atoms with E-state index in [1.54, 1.807) is 0 Å². The van der Waals surface area contributed by atoms with E-state index in [0.717, 1.165) is 23.3 Å². The molecule has 1 aromatic heterocycles. The Balaban J connectivity index is 1.88. The number of aryl methyl sites for hydroxylation is 1. The third kappa shape index (κ3) is 2.31. The van der Waals surface area contributed by atoms with E-state index in [0.29, 0.717) is 6.04 Å². The van der Waals surface area contributed by atoms with Gasteiger partial charge < -0.3 is 10.5 Å². The summed E-state index contributed by atoms with van der Waals surface area (Å²) in [5, 5.41) is 4.38. The van der Waals surface area contributed by atoms with E-state index < -0.39 is 0 Å². The lowest BCUT2D eigenvalue weighted by molar-refractivity contribution is 0.161. The Labute approximate surface area is 119 Å². The van der Waals surface area contributed by atoms with Crippen molar-refractivity contribution in [3.8, 4) is 5.75 Å². The molecule has 1 aliphatic heterocycles. The van der Waals surface area contributed by atoms with Gasteiger partial charge in [0.05, 0.1) is 6.20 Å². The molecule has 0 saturated heterocycles. The lowest BCUT2D eigenvalue weighted by Crippen LogP contribution is -2.24. The van der Waals surface area contributed by atoms with Crippen LogP contribution in [0.2, 0.25) is 0 Å². The largest absolute Gasteiger partial charge is 0.485 e. The molecule has 4 nitrogen and oxygen atoms in total. The van der Waals surface area contributed by atoms with Gasteiger partial charge in [-0.1, -0.05) is 17.7 Å². The van der Waals surface area contributed by atoms with E-state index in [1.807, 2.05) is 16.9 Å². The lowest BCUT2D eigenvalue weighted by Gasteiger charge is -2.30. The summed E-state index contributed by atoms with van der Waals surface area (Å²) in [5.74, 6) is 0.900. The second kappa shape index (κ2) is 4.94. The molecule has 0 bridgehead atoms. The van der Waals surface area contributed by atoms with Crippen LogP contribution in [-0.4, -0.2) is 9.78 Å². The van der Waals surface area contributed by atoms with E-state index in [9.17, 15) is 0 Å². The van der Waals surface area contributed by atoms with Crippen molar-refractivity contribution >= 4 is 0 Å². The minimum atomic E-state index is -0.00675. The highest BCUT2D eigenvalue weighted by Gasteiger charge is 2.28. The van der Waals surface area contributed by atoms with E-state index in [4.69, 9.17) is 10.5 Å². The van der Waals surface area contributed by atoms with Gasteiger partial charge in [-0.2, -0.15) is 5.10 Å². The van der Waals surface area contributed by atoms with Crippen molar-refractivity contribution in [1.29, 1.82) is 0 Å². The Hall–Kier alpha value is -1.81. The second-order valence-corrected chi connectivity index (χ2v) is 5.84. The van der Waals surface area contributed by atoms with E-state index in [-0.39, 0.29) is 12.1 Å². The third-order valence-corrected chi connectivity index (χ3v) is 3.82. The number of fused-ring (bicyclic) bond motifs is 1. The Kier molecular flexibility index (Phi) is 3.26. The number of aromatic nitrogens is 2. The fraction of sp³-hybridized carbons (Fsp3) is 0.438. The molecular weight excluding hydrogens is 250 g/mol. The summed E-state index contributed by atoms with van der Waals surface area (Å²) in [4.78, 5) is 0. The van der Waals surface area contributed by atoms with Crippen LogP contribution in [0.3, 0.4) is 0 Å². The van der Waals surface area contributed by atoms with E-state index in [1.165, 1.54) is 5.56 Å². The number of hydrogen-bond donors (Lipinski definition) is 1. The Morgan fingerprint density at radius 2 is 2.20 bits per heavy atom. The van der Waals surface area contributed by atoms with Crippen LogP contribution in [-0.2, 0) is 0 Å². The van der Waals surface area contributed by atoms with Crippen molar-refractivity contribution in [2.45, 2.75) is 45.4 Å². The highest BCUT2D eigenvalue weighted by atomic mass is 16.5. The summed E-state index contributed by atoms with van der Waals surface area (Å²) in [7, 11) is 0. The minimum absolute atomic E-state index is 0.00675. The lowest BCUT2D eigenvalue weighted by atomic mass is 9.94. The van der Waals surface area contributed by atoms with Crippen molar-refractivity contribution in [3.05, 3.63) is 47.3 Å². The number of ether oxygens (including phenoxy) is 1.